The van der Waals surface area contributed by atoms with Crippen molar-refractivity contribution in [2.75, 3.05) is 0 Å². The zero-order valence-electron chi connectivity index (χ0n) is 17.5. The second-order valence-electron chi connectivity index (χ2n) is 6.68. The molecule has 4 rings (SSSR count). The molecule has 4 nitrogen and oxygen atoms in total. The van der Waals surface area contributed by atoms with E-state index in [-0.39, 0.29) is 96.3 Å². The van der Waals surface area contributed by atoms with Crippen LogP contribution in [0.15, 0.2) is 12.1 Å². The van der Waals surface area contributed by atoms with Crippen LogP contribution in [0.1, 0.15) is 21.5 Å². The molecule has 0 atom stereocenters. The predicted octanol–water partition coefficient (Wildman–Crippen LogP) is -0.0730. The van der Waals surface area contributed by atoms with Gasteiger partial charge < -0.3 is 19.7 Å². The van der Waals surface area contributed by atoms with Crippen LogP contribution in [0, 0.1) is 14.3 Å². The van der Waals surface area contributed by atoms with Crippen molar-refractivity contribution in [3.05, 3.63) is 73.6 Å². The first-order valence-corrected chi connectivity index (χ1v) is 14.4. The minimum atomic E-state index is -1.58. The van der Waals surface area contributed by atoms with Crippen LogP contribution >= 0.6 is 137 Å². The summed E-state index contributed by atoms with van der Waals surface area (Å²) in [4.78, 5) is 12.2. The summed E-state index contributed by atoms with van der Waals surface area (Å²) in [5, 5.41) is 25.5. The molecule has 14 heteroatoms. The van der Waals surface area contributed by atoms with Crippen LogP contribution in [0.5, 0.6) is 17.2 Å². The molecule has 0 fully saturated rings. The van der Waals surface area contributed by atoms with Crippen molar-refractivity contribution in [3.63, 3.8) is 0 Å². The third kappa shape index (κ3) is 5.82. The van der Waals surface area contributed by atoms with Crippen molar-refractivity contribution in [2.24, 2.45) is 0 Å². The number of carbonyl (C=O) groups excluding carboxylic acids is 1. The predicted molar refractivity (Wildman–Crippen MR) is 160 cm³/mol. The summed E-state index contributed by atoms with van der Waals surface area (Å²) < 4.78 is 8.45. The summed E-state index contributed by atoms with van der Waals surface area (Å²) in [5.74, 6) is -1.12. The van der Waals surface area contributed by atoms with Gasteiger partial charge in [-0.15, -0.1) is 0 Å². The first-order chi connectivity index (χ1) is 15.4. The first-order valence-electron chi connectivity index (χ1n) is 8.54. The molecule has 35 heavy (non-hydrogen) atoms. The number of carboxylic acid groups (broad SMARTS) is 1. The molecule has 1 aliphatic heterocycles. The van der Waals surface area contributed by atoms with E-state index in [0.29, 0.717) is 32.8 Å². The Morgan fingerprint density at radius 1 is 0.857 bits per heavy atom. The van der Waals surface area contributed by atoms with E-state index in [9.17, 15) is 15.0 Å². The van der Waals surface area contributed by atoms with E-state index < -0.39 is 11.5 Å². The Kier molecular flexibility index (Phi) is 12.6. The maximum absolute atomic E-state index is 12.7. The molecule has 0 radical (unpaired) electrons. The Hall–Kier alpha value is 2.55. The summed E-state index contributed by atoms with van der Waals surface area (Å²) in [6, 6.07) is 3.41. The number of halogens is 8. The maximum Gasteiger partial charge on any atom is 1.00 e. The third-order valence-corrected chi connectivity index (χ3v) is 10.6. The fourth-order valence-corrected chi connectivity index (χ4v) is 7.97. The molecule has 0 saturated carbocycles. The molecule has 0 saturated heterocycles. The van der Waals surface area contributed by atoms with Crippen LogP contribution in [0.25, 0.3) is 12.2 Å². The third-order valence-electron chi connectivity index (χ3n) is 4.86. The number of aromatic carboxylic acids is 1. The largest absolute Gasteiger partial charge is 1.00 e. The van der Waals surface area contributed by atoms with Gasteiger partial charge in [-0.05, 0) is 108 Å². The summed E-state index contributed by atoms with van der Waals surface area (Å²) in [7, 11) is 0. The Morgan fingerprint density at radius 2 is 1.43 bits per heavy atom. The van der Waals surface area contributed by atoms with Crippen LogP contribution in [-0.2, 0) is 0 Å². The Bertz CT molecular complexity index is 1550. The van der Waals surface area contributed by atoms with Gasteiger partial charge in [0.1, 0.15) is 11.5 Å². The topological polar surface area (TPSA) is 72.4 Å². The van der Waals surface area contributed by atoms with Gasteiger partial charge in [0, 0.05) is 38.2 Å². The van der Waals surface area contributed by atoms with E-state index in [4.69, 9.17) is 51.1 Å². The SMILES string of the molecule is C=c1c(I)cc2c(c1I)Oc1c(cc(I)c([O-])c1I)C=2c1c(Cl)c(Cl)c(Cl)c(Cl)c1C(=O)[O-].[Na+].[Na+]. The fourth-order valence-electron chi connectivity index (χ4n) is 3.37. The number of carbonyl (C=O) groups is 1. The standard InChI is InChI=1S/C21H6Cl4I4O4.2Na/c1-4-7(26)2-5-9(10-11(21(31)32)13(23)15(25)14(24)12(10)22)6-3-8(27)18(30)17(29)20(6)33-19(5)16(4)28;;/h2-3,30H,1H2,(H,31,32);;/q;2*+1/p-2. The number of hydrogen-bond acceptors (Lipinski definition) is 4. The average molecular weight is 1020 g/mol. The number of benzene rings is 3. The Balaban J connectivity index is 0.00000216. The number of ether oxygens (including phenoxy) is 1. The van der Waals surface area contributed by atoms with Crippen LogP contribution in [-0.4, -0.2) is 5.97 Å². The Morgan fingerprint density at radius 3 is 2.00 bits per heavy atom. The van der Waals surface area contributed by atoms with Crippen molar-refractivity contribution < 1.29 is 78.9 Å². The van der Waals surface area contributed by atoms with E-state index in [2.05, 4.69) is 51.8 Å². The molecular weight excluding hydrogens is 1010 g/mol. The first kappa shape index (κ1) is 33.8. The van der Waals surface area contributed by atoms with Crippen LogP contribution in [0.4, 0.5) is 0 Å². The fraction of sp³-hybridized carbons (Fsp3) is 0. The zero-order chi connectivity index (χ0) is 24.5. The van der Waals surface area contributed by atoms with Crippen molar-refractivity contribution >= 4 is 155 Å². The van der Waals surface area contributed by atoms with Crippen LogP contribution in [0.3, 0.4) is 0 Å². The second-order valence-corrected chi connectivity index (χ2v) is 12.7. The molecule has 0 spiro atoms. The summed E-state index contributed by atoms with van der Waals surface area (Å²) >= 11 is 33.5. The van der Waals surface area contributed by atoms with Gasteiger partial charge in [0.25, 0.3) is 0 Å². The normalized spacial score (nSPS) is 11.6. The van der Waals surface area contributed by atoms with E-state index in [1.807, 2.05) is 45.2 Å². The minimum Gasteiger partial charge on any atom is -0.871 e. The molecule has 1 aliphatic rings. The molecule has 0 aliphatic carbocycles. The van der Waals surface area contributed by atoms with Gasteiger partial charge in [-0.2, -0.15) is 0 Å². The number of fused-ring (bicyclic) bond motifs is 2. The molecule has 0 bridgehead atoms. The molecule has 0 unspecified atom stereocenters. The molecule has 1 heterocycles. The van der Waals surface area contributed by atoms with Crippen molar-refractivity contribution in [3.8, 4) is 17.2 Å². The van der Waals surface area contributed by atoms with Gasteiger partial charge in [0.05, 0.1) is 29.6 Å². The van der Waals surface area contributed by atoms with Gasteiger partial charge in [-0.25, -0.2) is 0 Å². The molecule has 0 N–H and O–H groups in total. The molecular formula is C21H4Cl4I4Na2O4. The van der Waals surface area contributed by atoms with Crippen LogP contribution < -0.4 is 84.5 Å². The minimum absolute atomic E-state index is 0. The van der Waals surface area contributed by atoms with E-state index in [1.54, 1.807) is 12.1 Å². The van der Waals surface area contributed by atoms with Crippen molar-refractivity contribution in [1.82, 2.24) is 0 Å². The van der Waals surface area contributed by atoms with Gasteiger partial charge in [-0.3, -0.25) is 0 Å². The molecule has 3 aromatic rings. The van der Waals surface area contributed by atoms with Gasteiger partial charge in [-0.1, -0.05) is 58.7 Å². The monoisotopic (exact) mass is 1010 g/mol. The zero-order valence-corrected chi connectivity index (χ0v) is 33.2. The quantitative estimate of drug-likeness (QED) is 0.122. The summed E-state index contributed by atoms with van der Waals surface area (Å²) in [6.07, 6.45) is 0. The number of hydrogen-bond donors (Lipinski definition) is 0. The van der Waals surface area contributed by atoms with Crippen molar-refractivity contribution in [1.29, 1.82) is 0 Å². The van der Waals surface area contributed by atoms with E-state index in [1.165, 1.54) is 0 Å². The van der Waals surface area contributed by atoms with E-state index >= 15 is 0 Å². The summed E-state index contributed by atoms with van der Waals surface area (Å²) in [6.45, 7) is 4.08. The molecule has 0 aromatic heterocycles. The van der Waals surface area contributed by atoms with Gasteiger partial charge >= 0.3 is 59.1 Å². The molecule has 170 valence electrons. The van der Waals surface area contributed by atoms with Gasteiger partial charge in [0.15, 0.2) is 0 Å². The second kappa shape index (κ2) is 13.0. The Labute approximate surface area is 318 Å². The smallest absolute Gasteiger partial charge is 0.871 e. The van der Waals surface area contributed by atoms with Crippen molar-refractivity contribution in [2.45, 2.75) is 0 Å². The number of carboxylic acids is 1. The van der Waals surface area contributed by atoms with E-state index in [0.717, 1.165) is 8.79 Å². The number of rotatable bonds is 2. The summed E-state index contributed by atoms with van der Waals surface area (Å²) in [5.41, 5.74) is 0.445. The van der Waals surface area contributed by atoms with Crippen LogP contribution in [0.2, 0.25) is 20.1 Å². The average Bonchev–Trinajstić information content (AvgIpc) is 2.76. The van der Waals surface area contributed by atoms with Gasteiger partial charge in [0.2, 0.25) is 0 Å². The molecule has 0 amide bonds. The molecule has 3 aromatic carbocycles. The maximum atomic E-state index is 12.7.